The third-order valence-electron chi connectivity index (χ3n) is 2.69. The largest absolute Gasteiger partial charge is 0.448 e. The first kappa shape index (κ1) is 14.4. The maximum absolute atomic E-state index is 13.8. The van der Waals surface area contributed by atoms with Crippen LogP contribution in [0.15, 0.2) is 36.4 Å². The van der Waals surface area contributed by atoms with Gasteiger partial charge in [-0.2, -0.15) is 0 Å². The minimum absolute atomic E-state index is 0.218. The lowest BCUT2D eigenvalue weighted by Gasteiger charge is -2.10. The first-order valence-electron chi connectivity index (χ1n) is 6.23. The molecule has 0 aliphatic carbocycles. The number of nitrogens with one attached hydrogen (secondary N) is 1. The molecule has 20 heavy (non-hydrogen) atoms. The molecule has 2 aromatic carbocycles. The van der Waals surface area contributed by atoms with Crippen molar-refractivity contribution in [1.29, 1.82) is 0 Å². The van der Waals surface area contributed by atoms with E-state index in [-0.39, 0.29) is 5.75 Å². The van der Waals surface area contributed by atoms with E-state index in [0.29, 0.717) is 18.7 Å². The van der Waals surface area contributed by atoms with Crippen LogP contribution in [0.25, 0.3) is 0 Å². The summed E-state index contributed by atoms with van der Waals surface area (Å²) < 4.78 is 46.1. The number of rotatable bonds is 5. The van der Waals surface area contributed by atoms with Crippen molar-refractivity contribution in [3.63, 3.8) is 0 Å². The standard InChI is InChI=1S/C15H14F3NO/c1-2-19-9-10-7-12(17)15(13(18)8-10)20-14-6-4-3-5-11(14)16/h3-8,19H,2,9H2,1H3. The number of hydrogen-bond donors (Lipinski definition) is 1. The van der Waals surface area contributed by atoms with Crippen LogP contribution in [0, 0.1) is 17.5 Å². The highest BCUT2D eigenvalue weighted by atomic mass is 19.1. The summed E-state index contributed by atoms with van der Waals surface area (Å²) in [6.07, 6.45) is 0. The summed E-state index contributed by atoms with van der Waals surface area (Å²) in [5, 5.41) is 2.96. The quantitative estimate of drug-likeness (QED) is 0.894. The van der Waals surface area contributed by atoms with E-state index in [0.717, 1.165) is 6.07 Å². The zero-order valence-electron chi connectivity index (χ0n) is 10.9. The Kier molecular flexibility index (Phi) is 4.63. The van der Waals surface area contributed by atoms with E-state index in [1.807, 2.05) is 6.92 Å². The molecule has 0 aliphatic rings. The van der Waals surface area contributed by atoms with Gasteiger partial charge in [-0.15, -0.1) is 0 Å². The molecule has 0 atom stereocenters. The highest BCUT2D eigenvalue weighted by Crippen LogP contribution is 2.30. The zero-order valence-corrected chi connectivity index (χ0v) is 10.9. The summed E-state index contributed by atoms with van der Waals surface area (Å²) in [6.45, 7) is 2.93. The normalized spacial score (nSPS) is 10.6. The number of halogens is 3. The Morgan fingerprint density at radius 1 is 1.00 bits per heavy atom. The summed E-state index contributed by atoms with van der Waals surface area (Å²) >= 11 is 0. The molecule has 5 heteroatoms. The van der Waals surface area contributed by atoms with Gasteiger partial charge >= 0.3 is 0 Å². The average molecular weight is 281 g/mol. The lowest BCUT2D eigenvalue weighted by Crippen LogP contribution is -2.12. The van der Waals surface area contributed by atoms with Crippen LogP contribution in [0.1, 0.15) is 12.5 Å². The second-order valence-electron chi connectivity index (χ2n) is 4.20. The smallest absolute Gasteiger partial charge is 0.198 e. The molecule has 2 nitrogen and oxygen atoms in total. The number of ether oxygens (including phenoxy) is 1. The third-order valence-corrected chi connectivity index (χ3v) is 2.69. The summed E-state index contributed by atoms with van der Waals surface area (Å²) in [4.78, 5) is 0. The van der Waals surface area contributed by atoms with Crippen LogP contribution in [0.4, 0.5) is 13.2 Å². The highest BCUT2D eigenvalue weighted by molar-refractivity contribution is 5.36. The van der Waals surface area contributed by atoms with Crippen LogP contribution in [-0.4, -0.2) is 6.54 Å². The van der Waals surface area contributed by atoms with E-state index >= 15 is 0 Å². The van der Waals surface area contributed by atoms with Gasteiger partial charge in [-0.05, 0) is 36.4 Å². The van der Waals surface area contributed by atoms with Crippen molar-refractivity contribution in [3.8, 4) is 11.5 Å². The van der Waals surface area contributed by atoms with Gasteiger partial charge in [-0.3, -0.25) is 0 Å². The predicted octanol–water partition coefficient (Wildman–Crippen LogP) is 4.01. The Morgan fingerprint density at radius 2 is 1.65 bits per heavy atom. The maximum Gasteiger partial charge on any atom is 0.198 e. The molecule has 0 aliphatic heterocycles. The molecule has 0 amide bonds. The molecule has 106 valence electrons. The molecule has 0 radical (unpaired) electrons. The molecule has 2 rings (SSSR count). The monoisotopic (exact) mass is 281 g/mol. The average Bonchev–Trinajstić information content (AvgIpc) is 2.42. The highest BCUT2D eigenvalue weighted by Gasteiger charge is 2.15. The molecule has 0 saturated carbocycles. The first-order valence-corrected chi connectivity index (χ1v) is 6.23. The van der Waals surface area contributed by atoms with Crippen LogP contribution in [-0.2, 0) is 6.54 Å². The van der Waals surface area contributed by atoms with E-state index < -0.39 is 23.2 Å². The Bertz CT molecular complexity index is 578. The SMILES string of the molecule is CCNCc1cc(F)c(Oc2ccccc2F)c(F)c1. The topological polar surface area (TPSA) is 21.3 Å². The Morgan fingerprint density at radius 3 is 2.25 bits per heavy atom. The maximum atomic E-state index is 13.8. The van der Waals surface area contributed by atoms with Crippen molar-refractivity contribution in [2.75, 3.05) is 6.54 Å². The van der Waals surface area contributed by atoms with Gasteiger partial charge in [0.05, 0.1) is 0 Å². The molecule has 0 spiro atoms. The molecule has 0 aromatic heterocycles. The zero-order chi connectivity index (χ0) is 14.5. The van der Waals surface area contributed by atoms with E-state index in [1.54, 1.807) is 0 Å². The van der Waals surface area contributed by atoms with E-state index in [4.69, 9.17) is 4.74 Å². The van der Waals surface area contributed by atoms with E-state index in [1.165, 1.54) is 30.3 Å². The van der Waals surface area contributed by atoms with Gasteiger partial charge in [-0.25, -0.2) is 13.2 Å². The minimum atomic E-state index is -0.860. The van der Waals surface area contributed by atoms with Crippen molar-refractivity contribution < 1.29 is 17.9 Å². The van der Waals surface area contributed by atoms with Crippen LogP contribution < -0.4 is 10.1 Å². The van der Waals surface area contributed by atoms with Gasteiger partial charge in [-0.1, -0.05) is 19.1 Å². The Balaban J connectivity index is 2.27. The molecule has 2 aromatic rings. The van der Waals surface area contributed by atoms with E-state index in [2.05, 4.69) is 5.32 Å². The van der Waals surface area contributed by atoms with Crippen LogP contribution in [0.2, 0.25) is 0 Å². The van der Waals surface area contributed by atoms with Crippen LogP contribution in [0.3, 0.4) is 0 Å². The van der Waals surface area contributed by atoms with Gasteiger partial charge in [0, 0.05) is 6.54 Å². The summed E-state index contributed by atoms with van der Waals surface area (Å²) in [5.41, 5.74) is 0.461. The summed E-state index contributed by atoms with van der Waals surface area (Å²) in [7, 11) is 0. The van der Waals surface area contributed by atoms with Gasteiger partial charge in [0.1, 0.15) is 0 Å². The molecular weight excluding hydrogens is 267 g/mol. The molecule has 0 bridgehead atoms. The van der Waals surface area contributed by atoms with Gasteiger partial charge < -0.3 is 10.1 Å². The summed E-state index contributed by atoms with van der Waals surface area (Å²) in [6, 6.07) is 7.79. The molecule has 0 saturated heterocycles. The van der Waals surface area contributed by atoms with Crippen LogP contribution in [0.5, 0.6) is 11.5 Å². The molecule has 0 heterocycles. The van der Waals surface area contributed by atoms with Gasteiger partial charge in [0.25, 0.3) is 0 Å². The lowest BCUT2D eigenvalue weighted by atomic mass is 10.2. The van der Waals surface area contributed by atoms with Crippen LogP contribution >= 0.6 is 0 Å². The number of hydrogen-bond acceptors (Lipinski definition) is 2. The van der Waals surface area contributed by atoms with Crippen molar-refractivity contribution in [3.05, 3.63) is 59.4 Å². The van der Waals surface area contributed by atoms with E-state index in [9.17, 15) is 13.2 Å². The fourth-order valence-corrected chi connectivity index (χ4v) is 1.72. The van der Waals surface area contributed by atoms with Crippen molar-refractivity contribution in [2.45, 2.75) is 13.5 Å². The summed E-state index contributed by atoms with van der Waals surface area (Å²) in [5.74, 6) is -3.22. The molecular formula is C15H14F3NO. The van der Waals surface area contributed by atoms with Crippen molar-refractivity contribution in [1.82, 2.24) is 5.32 Å². The second-order valence-corrected chi connectivity index (χ2v) is 4.20. The minimum Gasteiger partial charge on any atom is -0.448 e. The second kappa shape index (κ2) is 6.43. The van der Waals surface area contributed by atoms with Crippen molar-refractivity contribution in [2.24, 2.45) is 0 Å². The van der Waals surface area contributed by atoms with Crippen molar-refractivity contribution >= 4 is 0 Å². The third kappa shape index (κ3) is 3.30. The molecule has 1 N–H and O–H groups in total. The van der Waals surface area contributed by atoms with Gasteiger partial charge in [0.15, 0.2) is 29.0 Å². The fraction of sp³-hybridized carbons (Fsp3) is 0.200. The number of para-hydroxylation sites is 1. The molecule has 0 unspecified atom stereocenters. The Labute approximate surface area is 115 Å². The van der Waals surface area contributed by atoms with Gasteiger partial charge in [0.2, 0.25) is 0 Å². The first-order chi connectivity index (χ1) is 9.61. The predicted molar refractivity (Wildman–Crippen MR) is 70.2 cm³/mol. The Hall–Kier alpha value is -2.01. The fourth-order valence-electron chi connectivity index (χ4n) is 1.72. The lowest BCUT2D eigenvalue weighted by molar-refractivity contribution is 0.386. The molecule has 0 fully saturated rings. The number of benzene rings is 2.